The topological polar surface area (TPSA) is 101 Å². The maximum absolute atomic E-state index is 12.2. The molecule has 7 heteroatoms. The minimum absolute atomic E-state index is 0.0531. The molecular weight excluding hydrogens is 288 g/mol. The molecule has 1 atom stereocenters. The number of nitrogens with two attached hydrogens (primary N) is 1. The molecule has 1 aromatic carbocycles. The summed E-state index contributed by atoms with van der Waals surface area (Å²) < 4.78 is 26.9. The molecule has 0 fully saturated rings. The fourth-order valence-electron chi connectivity index (χ4n) is 2.11. The number of aromatic amines is 1. The van der Waals surface area contributed by atoms with Gasteiger partial charge in [0, 0.05) is 18.7 Å². The van der Waals surface area contributed by atoms with Crippen molar-refractivity contribution in [3.05, 3.63) is 47.7 Å². The summed E-state index contributed by atoms with van der Waals surface area (Å²) in [6, 6.07) is 10.0. The predicted molar refractivity (Wildman–Crippen MR) is 81.1 cm³/mol. The molecule has 1 unspecified atom stereocenters. The van der Waals surface area contributed by atoms with Crippen molar-refractivity contribution >= 4 is 10.0 Å². The normalized spacial score (nSPS) is 13.2. The van der Waals surface area contributed by atoms with E-state index in [2.05, 4.69) is 21.8 Å². The lowest BCUT2D eigenvalue weighted by Gasteiger charge is -2.12. The van der Waals surface area contributed by atoms with Gasteiger partial charge in [-0.15, -0.1) is 0 Å². The summed E-state index contributed by atoms with van der Waals surface area (Å²) >= 11 is 0. The molecule has 114 valence electrons. The van der Waals surface area contributed by atoms with Crippen LogP contribution in [0.5, 0.6) is 0 Å². The second kappa shape index (κ2) is 6.84. The van der Waals surface area contributed by atoms with E-state index in [1.165, 1.54) is 11.8 Å². The number of nitrogens with one attached hydrogen (secondary N) is 2. The van der Waals surface area contributed by atoms with Crippen LogP contribution in [0.3, 0.4) is 0 Å². The Morgan fingerprint density at radius 3 is 2.71 bits per heavy atom. The van der Waals surface area contributed by atoms with Gasteiger partial charge >= 0.3 is 0 Å². The zero-order valence-electron chi connectivity index (χ0n) is 11.9. The third-order valence-electron chi connectivity index (χ3n) is 3.40. The first-order valence-electron chi connectivity index (χ1n) is 6.81. The molecule has 0 radical (unpaired) electrons. The second-order valence-electron chi connectivity index (χ2n) is 4.93. The van der Waals surface area contributed by atoms with Crippen molar-refractivity contribution in [2.75, 3.05) is 6.54 Å². The van der Waals surface area contributed by atoms with Gasteiger partial charge in [0.2, 0.25) is 0 Å². The molecule has 0 spiro atoms. The summed E-state index contributed by atoms with van der Waals surface area (Å²) in [5, 5.41) is 6.27. The molecule has 6 nitrogen and oxygen atoms in total. The van der Waals surface area contributed by atoms with E-state index in [1.807, 2.05) is 30.3 Å². The number of rotatable bonds is 7. The van der Waals surface area contributed by atoms with E-state index in [0.717, 1.165) is 6.42 Å². The van der Waals surface area contributed by atoms with Gasteiger partial charge in [0.1, 0.15) is 0 Å². The molecule has 21 heavy (non-hydrogen) atoms. The maximum atomic E-state index is 12.2. The van der Waals surface area contributed by atoms with Crippen molar-refractivity contribution in [3.8, 4) is 0 Å². The molecule has 1 aromatic heterocycles. The van der Waals surface area contributed by atoms with Crippen LogP contribution in [-0.2, 0) is 16.6 Å². The molecule has 0 bridgehead atoms. The second-order valence-corrected chi connectivity index (χ2v) is 6.63. The van der Waals surface area contributed by atoms with Crippen molar-refractivity contribution in [3.63, 3.8) is 0 Å². The summed E-state index contributed by atoms with van der Waals surface area (Å²) in [5.41, 5.74) is 7.17. The first-order valence-corrected chi connectivity index (χ1v) is 8.30. The largest absolute Gasteiger partial charge is 0.326 e. The van der Waals surface area contributed by atoms with Crippen LogP contribution in [0.1, 0.15) is 30.4 Å². The quantitative estimate of drug-likeness (QED) is 0.718. The number of hydrogen-bond donors (Lipinski definition) is 3. The van der Waals surface area contributed by atoms with Crippen LogP contribution in [0.25, 0.3) is 0 Å². The molecular formula is C14H20N4O2S. The molecule has 2 rings (SSSR count). The van der Waals surface area contributed by atoms with E-state index in [0.29, 0.717) is 12.1 Å². The molecule has 0 aliphatic rings. The van der Waals surface area contributed by atoms with E-state index in [4.69, 9.17) is 5.73 Å². The Morgan fingerprint density at radius 2 is 2.05 bits per heavy atom. The summed E-state index contributed by atoms with van der Waals surface area (Å²) in [4.78, 5) is 0. The Labute approximate surface area is 124 Å². The zero-order valence-corrected chi connectivity index (χ0v) is 12.7. The van der Waals surface area contributed by atoms with Gasteiger partial charge in [-0.05, 0) is 17.9 Å². The molecule has 2 aromatic rings. The van der Waals surface area contributed by atoms with Gasteiger partial charge in [0.15, 0.2) is 5.03 Å². The van der Waals surface area contributed by atoms with Crippen LogP contribution in [0.15, 0.2) is 41.6 Å². The first-order chi connectivity index (χ1) is 10.0. The van der Waals surface area contributed by atoms with E-state index < -0.39 is 10.0 Å². The highest BCUT2D eigenvalue weighted by Gasteiger charge is 2.19. The summed E-state index contributed by atoms with van der Waals surface area (Å²) in [6.07, 6.45) is 2.15. The Bertz CT molecular complexity index is 667. The smallest absolute Gasteiger partial charge is 0.257 e. The minimum atomic E-state index is -3.59. The monoisotopic (exact) mass is 308 g/mol. The van der Waals surface area contributed by atoms with Gasteiger partial charge in [-0.1, -0.05) is 37.3 Å². The Kier molecular flexibility index (Phi) is 5.11. The van der Waals surface area contributed by atoms with E-state index in [1.54, 1.807) is 0 Å². The molecule has 4 N–H and O–H groups in total. The highest BCUT2D eigenvalue weighted by atomic mass is 32.2. The number of benzene rings is 1. The van der Waals surface area contributed by atoms with Crippen LogP contribution in [0, 0.1) is 0 Å². The van der Waals surface area contributed by atoms with Crippen LogP contribution < -0.4 is 10.5 Å². The van der Waals surface area contributed by atoms with E-state index >= 15 is 0 Å². The molecule has 0 saturated carbocycles. The minimum Gasteiger partial charge on any atom is -0.326 e. The van der Waals surface area contributed by atoms with Crippen LogP contribution in [0.2, 0.25) is 0 Å². The Hall–Kier alpha value is -1.70. The standard InChI is InChI=1S/C14H20N4O2S/c1-11(12-5-3-2-4-6-12)7-8-17-21(19,20)14-13(9-15)10-16-18-14/h2-6,10-11,17H,7-9,15H2,1H3,(H,16,18). The highest BCUT2D eigenvalue weighted by molar-refractivity contribution is 7.89. The summed E-state index contributed by atoms with van der Waals surface area (Å²) in [6.45, 7) is 2.57. The number of aromatic nitrogens is 2. The predicted octanol–water partition coefficient (Wildman–Crippen LogP) is 1.34. The van der Waals surface area contributed by atoms with Crippen molar-refractivity contribution in [1.82, 2.24) is 14.9 Å². The van der Waals surface area contributed by atoms with Gasteiger partial charge in [-0.3, -0.25) is 5.10 Å². The Balaban J connectivity index is 1.94. The van der Waals surface area contributed by atoms with Gasteiger partial charge in [-0.2, -0.15) is 5.10 Å². The SMILES string of the molecule is CC(CCNS(=O)(=O)c1[nH]ncc1CN)c1ccccc1. The van der Waals surface area contributed by atoms with Crippen LogP contribution >= 0.6 is 0 Å². The molecule has 0 aliphatic heterocycles. The van der Waals surface area contributed by atoms with Crippen molar-refractivity contribution in [1.29, 1.82) is 0 Å². The fourth-order valence-corrected chi connectivity index (χ4v) is 3.29. The molecule has 0 aliphatic carbocycles. The zero-order chi connectivity index (χ0) is 15.3. The average molecular weight is 308 g/mol. The number of nitrogens with zero attached hydrogens (tertiary/aromatic N) is 1. The van der Waals surface area contributed by atoms with Crippen LogP contribution in [0.4, 0.5) is 0 Å². The third kappa shape index (κ3) is 3.90. The van der Waals surface area contributed by atoms with Crippen molar-refractivity contribution < 1.29 is 8.42 Å². The highest BCUT2D eigenvalue weighted by Crippen LogP contribution is 2.18. The van der Waals surface area contributed by atoms with Gasteiger partial charge in [-0.25, -0.2) is 13.1 Å². The lowest BCUT2D eigenvalue weighted by Crippen LogP contribution is -2.27. The van der Waals surface area contributed by atoms with Gasteiger partial charge in [0.05, 0.1) is 6.20 Å². The fraction of sp³-hybridized carbons (Fsp3) is 0.357. The van der Waals surface area contributed by atoms with Gasteiger partial charge in [0.25, 0.3) is 10.0 Å². The Morgan fingerprint density at radius 1 is 1.33 bits per heavy atom. The van der Waals surface area contributed by atoms with Crippen molar-refractivity contribution in [2.24, 2.45) is 5.73 Å². The molecule has 1 heterocycles. The lowest BCUT2D eigenvalue weighted by molar-refractivity contribution is 0.567. The van der Waals surface area contributed by atoms with E-state index in [-0.39, 0.29) is 17.5 Å². The number of H-pyrrole nitrogens is 1. The van der Waals surface area contributed by atoms with Crippen LogP contribution in [-0.4, -0.2) is 25.2 Å². The summed E-state index contributed by atoms with van der Waals surface area (Å²) in [7, 11) is -3.59. The lowest BCUT2D eigenvalue weighted by atomic mass is 9.98. The first kappa shape index (κ1) is 15.7. The molecule has 0 amide bonds. The third-order valence-corrected chi connectivity index (χ3v) is 4.88. The number of sulfonamides is 1. The van der Waals surface area contributed by atoms with Crippen molar-refractivity contribution in [2.45, 2.75) is 30.8 Å². The summed E-state index contributed by atoms with van der Waals surface area (Å²) in [5.74, 6) is 0.282. The number of hydrogen-bond acceptors (Lipinski definition) is 4. The van der Waals surface area contributed by atoms with Gasteiger partial charge < -0.3 is 5.73 Å². The van der Waals surface area contributed by atoms with E-state index in [9.17, 15) is 8.42 Å². The average Bonchev–Trinajstić information content (AvgIpc) is 2.97. The maximum Gasteiger partial charge on any atom is 0.257 e. The molecule has 0 saturated heterocycles.